The second kappa shape index (κ2) is 5.07. The maximum absolute atomic E-state index is 12.2. The van der Waals surface area contributed by atoms with E-state index in [1.54, 1.807) is 25.3 Å². The number of rotatable bonds is 3. The molecule has 1 aromatic heterocycles. The third-order valence-corrected chi connectivity index (χ3v) is 4.15. The Kier molecular flexibility index (Phi) is 3.37. The van der Waals surface area contributed by atoms with Crippen molar-refractivity contribution < 1.29 is 19.0 Å². The Morgan fingerprint density at radius 1 is 1.10 bits per heavy atom. The predicted molar refractivity (Wildman–Crippen MR) is 78.0 cm³/mol. The highest BCUT2D eigenvalue weighted by Gasteiger charge is 2.36. The minimum Gasteiger partial charge on any atom is -0.493 e. The summed E-state index contributed by atoms with van der Waals surface area (Å²) < 4.78 is 15.8. The maximum atomic E-state index is 12.2. The molecule has 1 aliphatic carbocycles. The van der Waals surface area contributed by atoms with Gasteiger partial charge in [0.1, 0.15) is 11.4 Å². The maximum Gasteiger partial charge on any atom is 0.344 e. The molecule has 1 heterocycles. The molecule has 3 rings (SSSR count). The van der Waals surface area contributed by atoms with Crippen LogP contribution in [-0.4, -0.2) is 19.3 Å². The first kappa shape index (κ1) is 13.9. The summed E-state index contributed by atoms with van der Waals surface area (Å²) in [6.07, 6.45) is 3.11. The molecular weight excluding hydrogens is 272 g/mol. The standard InChI is InChI=1S/C16H18O5/c1-19-12-7-10-8-14(16(18)5-3-4-6-16)21-15(17)11(10)9-13(12)20-2/h7-9,18H,3-6H2,1-2H3. The number of ether oxygens (including phenoxy) is 2. The summed E-state index contributed by atoms with van der Waals surface area (Å²) in [5.41, 5.74) is -1.50. The molecule has 0 radical (unpaired) electrons. The van der Waals surface area contributed by atoms with E-state index in [4.69, 9.17) is 13.9 Å². The normalized spacial score (nSPS) is 17.1. The van der Waals surface area contributed by atoms with E-state index in [0.717, 1.165) is 12.8 Å². The molecule has 112 valence electrons. The van der Waals surface area contributed by atoms with E-state index < -0.39 is 11.2 Å². The average Bonchev–Trinajstić information content (AvgIpc) is 2.94. The van der Waals surface area contributed by atoms with Gasteiger partial charge in [0.25, 0.3) is 0 Å². The van der Waals surface area contributed by atoms with Gasteiger partial charge in [0.2, 0.25) is 0 Å². The molecule has 0 aliphatic heterocycles. The van der Waals surface area contributed by atoms with Crippen molar-refractivity contribution in [3.8, 4) is 11.5 Å². The van der Waals surface area contributed by atoms with E-state index in [0.29, 0.717) is 40.9 Å². The molecule has 0 bridgehead atoms. The van der Waals surface area contributed by atoms with Crippen molar-refractivity contribution in [3.05, 3.63) is 34.4 Å². The van der Waals surface area contributed by atoms with Crippen LogP contribution in [0.3, 0.4) is 0 Å². The fraction of sp³-hybridized carbons (Fsp3) is 0.438. The van der Waals surface area contributed by atoms with E-state index in [2.05, 4.69) is 0 Å². The largest absolute Gasteiger partial charge is 0.493 e. The molecule has 1 fully saturated rings. The molecule has 21 heavy (non-hydrogen) atoms. The Labute approximate surface area is 122 Å². The molecule has 5 heteroatoms. The Bertz CT molecular complexity index is 725. The van der Waals surface area contributed by atoms with Crippen molar-refractivity contribution in [2.75, 3.05) is 14.2 Å². The minimum absolute atomic E-state index is 0.338. The number of methoxy groups -OCH3 is 2. The number of benzene rings is 1. The van der Waals surface area contributed by atoms with Gasteiger partial charge in [-0.2, -0.15) is 0 Å². The summed E-state index contributed by atoms with van der Waals surface area (Å²) >= 11 is 0. The van der Waals surface area contributed by atoms with Crippen molar-refractivity contribution in [2.24, 2.45) is 0 Å². The van der Waals surface area contributed by atoms with E-state index >= 15 is 0 Å². The van der Waals surface area contributed by atoms with Crippen LogP contribution in [0.1, 0.15) is 31.4 Å². The lowest BCUT2D eigenvalue weighted by molar-refractivity contribution is 0.0194. The highest BCUT2D eigenvalue weighted by molar-refractivity contribution is 5.85. The van der Waals surface area contributed by atoms with Gasteiger partial charge in [0.05, 0.1) is 19.6 Å². The minimum atomic E-state index is -1.03. The number of hydrogen-bond donors (Lipinski definition) is 1. The zero-order valence-electron chi connectivity index (χ0n) is 12.1. The molecule has 0 spiro atoms. The van der Waals surface area contributed by atoms with Gasteiger partial charge in [-0.15, -0.1) is 0 Å². The zero-order chi connectivity index (χ0) is 15.0. The van der Waals surface area contributed by atoms with Gasteiger partial charge in [0, 0.05) is 0 Å². The molecular formula is C16H18O5. The molecule has 0 amide bonds. The molecule has 1 N–H and O–H groups in total. The zero-order valence-corrected chi connectivity index (χ0v) is 12.1. The number of hydrogen-bond acceptors (Lipinski definition) is 5. The molecule has 0 saturated heterocycles. The number of fused-ring (bicyclic) bond motifs is 1. The summed E-state index contributed by atoms with van der Waals surface area (Å²) in [5.74, 6) is 1.36. The van der Waals surface area contributed by atoms with Gasteiger partial charge < -0.3 is 19.0 Å². The summed E-state index contributed by atoms with van der Waals surface area (Å²) in [6, 6.07) is 5.05. The van der Waals surface area contributed by atoms with Crippen LogP contribution in [0, 0.1) is 0 Å². The predicted octanol–water partition coefficient (Wildman–Crippen LogP) is 2.57. The van der Waals surface area contributed by atoms with Crippen molar-refractivity contribution in [1.29, 1.82) is 0 Å². The van der Waals surface area contributed by atoms with Crippen LogP contribution < -0.4 is 15.1 Å². The lowest BCUT2D eigenvalue weighted by Crippen LogP contribution is -2.22. The van der Waals surface area contributed by atoms with Crippen LogP contribution in [0.5, 0.6) is 11.5 Å². The first-order chi connectivity index (χ1) is 10.1. The van der Waals surface area contributed by atoms with Crippen LogP contribution in [-0.2, 0) is 5.60 Å². The van der Waals surface area contributed by atoms with Crippen LogP contribution in [0.25, 0.3) is 10.8 Å². The average molecular weight is 290 g/mol. The van der Waals surface area contributed by atoms with E-state index in [1.165, 1.54) is 7.11 Å². The van der Waals surface area contributed by atoms with Crippen molar-refractivity contribution >= 4 is 10.8 Å². The first-order valence-electron chi connectivity index (χ1n) is 7.00. The van der Waals surface area contributed by atoms with Gasteiger partial charge in [-0.25, -0.2) is 4.79 Å². The Hall–Kier alpha value is -2.01. The van der Waals surface area contributed by atoms with Crippen LogP contribution in [0.4, 0.5) is 0 Å². The lowest BCUT2D eigenvalue weighted by atomic mass is 9.97. The van der Waals surface area contributed by atoms with Gasteiger partial charge >= 0.3 is 5.63 Å². The van der Waals surface area contributed by atoms with E-state index in [1.807, 2.05) is 0 Å². The van der Waals surface area contributed by atoms with Crippen LogP contribution in [0.15, 0.2) is 27.4 Å². The monoisotopic (exact) mass is 290 g/mol. The first-order valence-corrected chi connectivity index (χ1v) is 7.00. The van der Waals surface area contributed by atoms with Crippen molar-refractivity contribution in [3.63, 3.8) is 0 Å². The SMILES string of the molecule is COc1cc2cc(C3(O)CCCC3)oc(=O)c2cc1OC. The van der Waals surface area contributed by atoms with E-state index in [-0.39, 0.29) is 0 Å². The summed E-state index contributed by atoms with van der Waals surface area (Å²) in [6.45, 7) is 0. The molecule has 1 saturated carbocycles. The third-order valence-electron chi connectivity index (χ3n) is 4.15. The second-order valence-electron chi connectivity index (χ2n) is 5.43. The van der Waals surface area contributed by atoms with E-state index in [9.17, 15) is 9.90 Å². The third kappa shape index (κ3) is 2.27. The molecule has 1 aromatic carbocycles. The van der Waals surface area contributed by atoms with Crippen LogP contribution in [0.2, 0.25) is 0 Å². The van der Waals surface area contributed by atoms with Crippen molar-refractivity contribution in [2.45, 2.75) is 31.3 Å². The highest BCUT2D eigenvalue weighted by Crippen LogP contribution is 2.39. The highest BCUT2D eigenvalue weighted by atomic mass is 16.5. The van der Waals surface area contributed by atoms with Gasteiger partial charge in [-0.05, 0) is 49.3 Å². The molecule has 1 aliphatic rings. The Morgan fingerprint density at radius 3 is 2.33 bits per heavy atom. The fourth-order valence-electron chi connectivity index (χ4n) is 2.95. The summed E-state index contributed by atoms with van der Waals surface area (Å²) in [7, 11) is 3.06. The molecule has 0 atom stereocenters. The quantitative estimate of drug-likeness (QED) is 0.941. The molecule has 5 nitrogen and oxygen atoms in total. The Balaban J connectivity index is 2.21. The van der Waals surface area contributed by atoms with Crippen LogP contribution >= 0.6 is 0 Å². The van der Waals surface area contributed by atoms with Gasteiger partial charge in [-0.1, -0.05) is 0 Å². The van der Waals surface area contributed by atoms with Gasteiger partial charge in [0.15, 0.2) is 11.5 Å². The smallest absolute Gasteiger partial charge is 0.344 e. The van der Waals surface area contributed by atoms with Crippen molar-refractivity contribution in [1.82, 2.24) is 0 Å². The Morgan fingerprint density at radius 2 is 1.71 bits per heavy atom. The topological polar surface area (TPSA) is 68.9 Å². The molecule has 2 aromatic rings. The summed E-state index contributed by atoms with van der Waals surface area (Å²) in [5, 5.41) is 11.7. The lowest BCUT2D eigenvalue weighted by Gasteiger charge is -2.20. The molecule has 0 unspecified atom stereocenters. The van der Waals surface area contributed by atoms with Gasteiger partial charge in [-0.3, -0.25) is 0 Å². The second-order valence-corrected chi connectivity index (χ2v) is 5.43. The summed E-state index contributed by atoms with van der Waals surface area (Å²) in [4.78, 5) is 12.2. The number of aliphatic hydroxyl groups is 1. The fourth-order valence-corrected chi connectivity index (χ4v) is 2.95.